The Labute approximate surface area is 133 Å². The van der Waals surface area contributed by atoms with Crippen LogP contribution in [0.4, 0.5) is 0 Å². The Kier molecular flexibility index (Phi) is 748. The fourth-order valence-corrected chi connectivity index (χ4v) is 0. The molecule has 0 spiro atoms. The van der Waals surface area contributed by atoms with E-state index in [1.54, 1.807) is 0 Å². The van der Waals surface area contributed by atoms with E-state index in [9.17, 15) is 0 Å². The Morgan fingerprint density at radius 1 is 0.250 bits per heavy atom. The number of hydrogen-bond acceptors (Lipinski definition) is 0. The van der Waals surface area contributed by atoms with E-state index in [0.717, 1.165) is 0 Å². The van der Waals surface area contributed by atoms with Gasteiger partial charge < -0.3 is 0 Å². The summed E-state index contributed by atoms with van der Waals surface area (Å²) in [5.74, 6) is 0. The van der Waals surface area contributed by atoms with E-state index in [0.29, 0.717) is 0 Å². The van der Waals surface area contributed by atoms with Gasteiger partial charge in [-0.25, -0.2) is 0 Å². The molecule has 0 aliphatic heterocycles. The molecule has 0 aliphatic carbocycles. The maximum atomic E-state index is 0. The van der Waals surface area contributed by atoms with Gasteiger partial charge in [0, 0.05) is 135 Å². The topological polar surface area (TPSA) is 0 Å². The van der Waals surface area contributed by atoms with Crippen molar-refractivity contribution in [3.8, 4) is 0 Å². The van der Waals surface area contributed by atoms with Gasteiger partial charge in [-0.15, -0.1) is 0 Å². The third kappa shape index (κ3) is 49.8. The molecule has 12 radical (unpaired) electrons. The second-order valence-corrected chi connectivity index (χ2v) is 0. The minimum absolute atomic E-state index is 0. The Hall–Kier alpha value is 4.10. The van der Waals surface area contributed by atoms with Crippen molar-refractivity contribution in [1.29, 1.82) is 0 Å². The molecule has 0 aromatic rings. The third-order valence-corrected chi connectivity index (χ3v) is 0. The fourth-order valence-electron chi connectivity index (χ4n) is 0. The van der Waals surface area contributed by atoms with Gasteiger partial charge in [-0.05, 0) is 0 Å². The van der Waals surface area contributed by atoms with E-state index in [2.05, 4.69) is 0 Å². The van der Waals surface area contributed by atoms with E-state index < -0.39 is 0 Å². The molecule has 0 amide bonds. The van der Waals surface area contributed by atoms with Crippen molar-refractivity contribution >= 4 is 52.8 Å². The van der Waals surface area contributed by atoms with Gasteiger partial charge in [-0.3, -0.25) is 0 Å². The second kappa shape index (κ2) is 67.4. The van der Waals surface area contributed by atoms with Crippen molar-refractivity contribution in [3.63, 3.8) is 0 Å². The average Bonchev–Trinajstić information content (AvgIpc) is 0. The summed E-state index contributed by atoms with van der Waals surface area (Å²) in [5.41, 5.74) is 0. The van der Waals surface area contributed by atoms with Gasteiger partial charge in [0.15, 0.2) is 0 Å². The molecule has 0 bridgehead atoms. The van der Waals surface area contributed by atoms with Crippen LogP contribution in [0.15, 0.2) is 0 Å². The van der Waals surface area contributed by atoms with Crippen LogP contribution in [0.3, 0.4) is 0 Å². The van der Waals surface area contributed by atoms with Crippen LogP contribution in [0.1, 0.15) is 0 Å². The van der Waals surface area contributed by atoms with Crippen LogP contribution in [0, 0.1) is 0 Å². The van der Waals surface area contributed by atoms with Crippen LogP contribution in [0.2, 0.25) is 0 Å². The summed E-state index contributed by atoms with van der Waals surface area (Å²) >= 11 is 0. The molecule has 0 aliphatic rings. The first kappa shape index (κ1) is 88.8. The molecule has 62 valence electrons. The molecule has 0 saturated carbocycles. The van der Waals surface area contributed by atoms with Crippen molar-refractivity contribution in [2.45, 2.75) is 0 Å². The molecule has 0 heterocycles. The Bertz CT molecular complexity index is 7.64. The fraction of sp³-hybridized carbons (Fsp3) is 0. The van der Waals surface area contributed by atoms with E-state index in [1.807, 2.05) is 0 Å². The third-order valence-electron chi connectivity index (χ3n) is 0. The van der Waals surface area contributed by atoms with E-state index >= 15 is 0 Å². The van der Waals surface area contributed by atoms with Crippen LogP contribution in [0.25, 0.3) is 0 Å². The summed E-state index contributed by atoms with van der Waals surface area (Å²) in [5, 5.41) is 0. The molecular weight excluding hydrogens is 511 g/mol. The summed E-state index contributed by atoms with van der Waals surface area (Å²) in [6.45, 7) is 0. The molecule has 0 rings (SSSR count). The van der Waals surface area contributed by atoms with Crippen molar-refractivity contribution in [3.05, 3.63) is 0 Å². The molecule has 0 aromatic carbocycles. The predicted molar refractivity (Wildman–Crippen MR) is 17.3 cm³/mol. The van der Waals surface area contributed by atoms with Crippen molar-refractivity contribution in [2.24, 2.45) is 0 Å². The standard InChI is InChI=1S/3Ge.5Ni. The molecule has 8 heteroatoms. The molecule has 0 saturated heterocycles. The monoisotopic (exact) mass is 511 g/mol. The van der Waals surface area contributed by atoms with E-state index in [-0.39, 0.29) is 135 Å². The van der Waals surface area contributed by atoms with E-state index in [4.69, 9.17) is 0 Å². The molecule has 0 fully saturated rings. The maximum Gasteiger partial charge on any atom is 0 e. The van der Waals surface area contributed by atoms with Crippen molar-refractivity contribution in [1.82, 2.24) is 0 Å². The quantitative estimate of drug-likeness (QED) is 0.361. The van der Waals surface area contributed by atoms with Crippen LogP contribution in [-0.2, 0) is 82.5 Å². The zero-order chi connectivity index (χ0) is 0. The minimum atomic E-state index is 0. The summed E-state index contributed by atoms with van der Waals surface area (Å²) < 4.78 is 0. The molecule has 0 N–H and O–H groups in total. The second-order valence-electron chi connectivity index (χ2n) is 0. The van der Waals surface area contributed by atoms with Gasteiger partial charge in [0.2, 0.25) is 0 Å². The smallest absolute Gasteiger partial charge is 0 e. The van der Waals surface area contributed by atoms with Gasteiger partial charge in [0.05, 0.1) is 0 Å². The average molecular weight is 511 g/mol. The molecule has 8 heavy (non-hydrogen) atoms. The van der Waals surface area contributed by atoms with Gasteiger partial charge in [-0.1, -0.05) is 0 Å². The summed E-state index contributed by atoms with van der Waals surface area (Å²) in [6, 6.07) is 0. The summed E-state index contributed by atoms with van der Waals surface area (Å²) in [7, 11) is 0. The number of hydrogen-bond donors (Lipinski definition) is 0. The minimum Gasteiger partial charge on any atom is 0 e. The molecule has 0 nitrogen and oxygen atoms in total. The Morgan fingerprint density at radius 2 is 0.250 bits per heavy atom. The Morgan fingerprint density at radius 3 is 0.250 bits per heavy atom. The van der Waals surface area contributed by atoms with Crippen LogP contribution >= 0.6 is 0 Å². The number of rotatable bonds is 0. The summed E-state index contributed by atoms with van der Waals surface area (Å²) in [4.78, 5) is 0. The molecule has 0 aromatic heterocycles. The Balaban J connectivity index is 0. The van der Waals surface area contributed by atoms with Gasteiger partial charge in [0.1, 0.15) is 0 Å². The van der Waals surface area contributed by atoms with Crippen LogP contribution in [-0.4, -0.2) is 52.8 Å². The van der Waals surface area contributed by atoms with Crippen LogP contribution in [0.5, 0.6) is 0 Å². The maximum absolute atomic E-state index is 0. The largest absolute Gasteiger partial charge is 0 e. The van der Waals surface area contributed by atoms with Crippen molar-refractivity contribution in [2.75, 3.05) is 0 Å². The normalized spacial score (nSPS) is 0. The first-order valence-corrected chi connectivity index (χ1v) is 0. The molecular formula is Ge3Ni5. The zero-order valence-electron chi connectivity index (χ0n) is 3.08. The molecule has 0 atom stereocenters. The zero-order valence-corrected chi connectivity index (χ0v) is 14.3. The van der Waals surface area contributed by atoms with Crippen molar-refractivity contribution < 1.29 is 82.5 Å². The first-order chi connectivity index (χ1) is 0. The summed E-state index contributed by atoms with van der Waals surface area (Å²) in [6.07, 6.45) is 0. The predicted octanol–water partition coefficient (Wildman–Crippen LogP) is -1.15. The van der Waals surface area contributed by atoms with Gasteiger partial charge in [0.25, 0.3) is 0 Å². The SMILES string of the molecule is [Ge].[Ge].[Ge].[Ni].[Ni].[Ni].[Ni].[Ni]. The van der Waals surface area contributed by atoms with Gasteiger partial charge in [-0.2, -0.15) is 0 Å². The van der Waals surface area contributed by atoms with E-state index in [1.165, 1.54) is 0 Å². The van der Waals surface area contributed by atoms with Gasteiger partial charge >= 0.3 is 0 Å². The molecule has 0 unspecified atom stereocenters. The van der Waals surface area contributed by atoms with Crippen LogP contribution < -0.4 is 0 Å². The first-order valence-electron chi connectivity index (χ1n) is 0.